The third kappa shape index (κ3) is 8.40. The topological polar surface area (TPSA) is 78.0 Å². The molecule has 1 aromatic carbocycles. The summed E-state index contributed by atoms with van der Waals surface area (Å²) in [7, 11) is 1.69. The van der Waals surface area contributed by atoms with E-state index in [1.165, 1.54) is 5.56 Å². The number of aliphatic imine (C=N–C) groups is 1. The Bertz CT molecular complexity index is 712. The molecule has 0 unspecified atom stereocenters. The number of nitrogens with one attached hydrogen (secondary N) is 3. The molecule has 2 rings (SSSR count). The van der Waals surface area contributed by atoms with Crippen molar-refractivity contribution in [3.8, 4) is 5.75 Å². The van der Waals surface area contributed by atoms with Crippen LogP contribution in [-0.2, 0) is 10.2 Å². The van der Waals surface area contributed by atoms with Crippen LogP contribution >= 0.6 is 0 Å². The van der Waals surface area contributed by atoms with E-state index in [4.69, 9.17) is 9.73 Å². The van der Waals surface area contributed by atoms with Gasteiger partial charge in [0.15, 0.2) is 5.96 Å². The van der Waals surface area contributed by atoms with Gasteiger partial charge in [0.05, 0.1) is 20.2 Å². The lowest BCUT2D eigenvalue weighted by Gasteiger charge is -2.33. The van der Waals surface area contributed by atoms with Crippen LogP contribution in [0.25, 0.3) is 0 Å². The number of piperidine rings is 1. The van der Waals surface area contributed by atoms with Crippen LogP contribution in [0.5, 0.6) is 5.75 Å². The Kier molecular flexibility index (Phi) is 10.1. The molecule has 174 valence electrons. The predicted octanol–water partition coefficient (Wildman–Crippen LogP) is 2.52. The molecule has 1 amide bonds. The van der Waals surface area contributed by atoms with Crippen molar-refractivity contribution in [3.63, 3.8) is 0 Å². The van der Waals surface area contributed by atoms with Gasteiger partial charge in [-0.25, -0.2) is 0 Å². The maximum Gasteiger partial charge on any atom is 0.234 e. The second kappa shape index (κ2) is 12.5. The Morgan fingerprint density at radius 3 is 2.61 bits per heavy atom. The molecule has 0 spiro atoms. The molecule has 7 nitrogen and oxygen atoms in total. The summed E-state index contributed by atoms with van der Waals surface area (Å²) in [6, 6.07) is 8.58. The van der Waals surface area contributed by atoms with Gasteiger partial charge in [0.25, 0.3) is 0 Å². The van der Waals surface area contributed by atoms with Crippen LogP contribution in [0.2, 0.25) is 0 Å². The molecule has 0 saturated carbocycles. The normalized spacial score (nSPS) is 16.1. The molecule has 7 heteroatoms. The largest absolute Gasteiger partial charge is 0.497 e. The zero-order valence-corrected chi connectivity index (χ0v) is 20.0. The summed E-state index contributed by atoms with van der Waals surface area (Å²) in [5.74, 6) is 1.86. The molecule has 0 bridgehead atoms. The number of ether oxygens (including phenoxy) is 1. The van der Waals surface area contributed by atoms with Crippen LogP contribution in [0.1, 0.15) is 52.5 Å². The van der Waals surface area contributed by atoms with Gasteiger partial charge in [-0.1, -0.05) is 32.9 Å². The van der Waals surface area contributed by atoms with Crippen LogP contribution in [0.15, 0.2) is 29.3 Å². The molecule has 1 saturated heterocycles. The number of rotatable bonds is 10. The number of methoxy groups -OCH3 is 1. The highest BCUT2D eigenvalue weighted by Gasteiger charge is 2.23. The summed E-state index contributed by atoms with van der Waals surface area (Å²) >= 11 is 0. The number of nitrogens with zero attached hydrogens (tertiary/aromatic N) is 2. The number of amides is 1. The van der Waals surface area contributed by atoms with Crippen molar-refractivity contribution >= 4 is 11.9 Å². The Balaban J connectivity index is 1.89. The average molecular weight is 432 g/mol. The Labute approximate surface area is 188 Å². The molecule has 0 radical (unpaired) electrons. The molecule has 0 aliphatic carbocycles. The minimum absolute atomic E-state index is 0.105. The van der Waals surface area contributed by atoms with Crippen LogP contribution in [-0.4, -0.2) is 69.2 Å². The van der Waals surface area contributed by atoms with Gasteiger partial charge >= 0.3 is 0 Å². The zero-order valence-electron chi connectivity index (χ0n) is 20.0. The molecule has 1 heterocycles. The molecule has 0 aromatic heterocycles. The molecular weight excluding hydrogens is 390 g/mol. The van der Waals surface area contributed by atoms with Crippen LogP contribution in [0.4, 0.5) is 0 Å². The smallest absolute Gasteiger partial charge is 0.234 e. The van der Waals surface area contributed by atoms with Gasteiger partial charge in [0.1, 0.15) is 5.75 Å². The van der Waals surface area contributed by atoms with Gasteiger partial charge in [0, 0.05) is 37.6 Å². The Morgan fingerprint density at radius 1 is 1.23 bits per heavy atom. The number of hydrogen-bond acceptors (Lipinski definition) is 4. The van der Waals surface area contributed by atoms with Crippen LogP contribution in [0, 0.1) is 0 Å². The highest BCUT2D eigenvalue weighted by molar-refractivity contribution is 5.80. The summed E-state index contributed by atoms with van der Waals surface area (Å²) in [6.07, 6.45) is 2.98. The van der Waals surface area contributed by atoms with Crippen molar-refractivity contribution < 1.29 is 9.53 Å². The lowest BCUT2D eigenvalue weighted by atomic mass is 9.84. The highest BCUT2D eigenvalue weighted by atomic mass is 16.5. The van der Waals surface area contributed by atoms with Gasteiger partial charge in [-0.05, 0) is 43.9 Å². The molecular formula is C24H41N5O2. The summed E-state index contributed by atoms with van der Waals surface area (Å²) in [5.41, 5.74) is 1.10. The van der Waals surface area contributed by atoms with Crippen molar-refractivity contribution in [2.45, 2.75) is 58.4 Å². The molecule has 1 aliphatic heterocycles. The van der Waals surface area contributed by atoms with Gasteiger partial charge < -0.3 is 20.7 Å². The number of carbonyl (C=O) groups is 1. The third-order valence-electron chi connectivity index (χ3n) is 5.70. The van der Waals surface area contributed by atoms with Crippen molar-refractivity contribution in [1.29, 1.82) is 0 Å². The van der Waals surface area contributed by atoms with Gasteiger partial charge in [0.2, 0.25) is 5.91 Å². The fourth-order valence-electron chi connectivity index (χ4n) is 3.68. The molecule has 1 aromatic rings. The first-order chi connectivity index (χ1) is 14.9. The number of likely N-dealkylation sites (tertiary alicyclic amines) is 1. The maximum absolute atomic E-state index is 11.9. The van der Waals surface area contributed by atoms with Crippen molar-refractivity contribution in [2.75, 3.05) is 46.4 Å². The van der Waals surface area contributed by atoms with E-state index in [0.717, 1.165) is 57.2 Å². The van der Waals surface area contributed by atoms with E-state index >= 15 is 0 Å². The molecule has 1 aliphatic rings. The Morgan fingerprint density at radius 2 is 1.97 bits per heavy atom. The second-order valence-electron chi connectivity index (χ2n) is 8.86. The SMILES string of the molecule is CCCNC(=O)CN1CCC(NC(=NCC(C)(C)c2cccc(OC)c2)NCC)CC1. The first-order valence-corrected chi connectivity index (χ1v) is 11.6. The van der Waals surface area contributed by atoms with Gasteiger partial charge in [-0.3, -0.25) is 14.7 Å². The number of hydrogen-bond donors (Lipinski definition) is 3. The maximum atomic E-state index is 11.9. The second-order valence-corrected chi connectivity index (χ2v) is 8.86. The third-order valence-corrected chi connectivity index (χ3v) is 5.70. The van der Waals surface area contributed by atoms with Crippen molar-refractivity contribution in [1.82, 2.24) is 20.9 Å². The number of guanidine groups is 1. The van der Waals surface area contributed by atoms with Crippen LogP contribution < -0.4 is 20.7 Å². The molecule has 0 atom stereocenters. The van der Waals surface area contributed by atoms with E-state index in [1.54, 1.807) is 7.11 Å². The number of benzene rings is 1. The fraction of sp³-hybridized carbons (Fsp3) is 0.667. The first kappa shape index (κ1) is 25.0. The average Bonchev–Trinajstić information content (AvgIpc) is 2.77. The standard InChI is InChI=1S/C24H41N5O2/c1-6-13-26-22(30)17-29-14-11-20(12-15-29)28-23(25-7-2)27-18-24(3,4)19-9-8-10-21(16-19)31-5/h8-10,16,20H,6-7,11-15,17-18H2,1-5H3,(H,26,30)(H2,25,27,28). The van der Waals surface area contributed by atoms with E-state index < -0.39 is 0 Å². The predicted molar refractivity (Wildman–Crippen MR) is 128 cm³/mol. The highest BCUT2D eigenvalue weighted by Crippen LogP contribution is 2.26. The molecule has 3 N–H and O–H groups in total. The van der Waals surface area contributed by atoms with E-state index in [-0.39, 0.29) is 11.3 Å². The zero-order chi connectivity index (χ0) is 22.7. The fourth-order valence-corrected chi connectivity index (χ4v) is 3.68. The summed E-state index contributed by atoms with van der Waals surface area (Å²) in [4.78, 5) is 19.1. The summed E-state index contributed by atoms with van der Waals surface area (Å²) in [5, 5.41) is 9.94. The van der Waals surface area contributed by atoms with E-state index in [9.17, 15) is 4.79 Å². The van der Waals surface area contributed by atoms with Gasteiger partial charge in [-0.2, -0.15) is 0 Å². The van der Waals surface area contributed by atoms with E-state index in [1.807, 2.05) is 12.1 Å². The lowest BCUT2D eigenvalue weighted by Crippen LogP contribution is -2.50. The molecule has 1 fully saturated rings. The van der Waals surface area contributed by atoms with Crippen molar-refractivity contribution in [3.05, 3.63) is 29.8 Å². The lowest BCUT2D eigenvalue weighted by molar-refractivity contribution is -0.122. The molecule has 31 heavy (non-hydrogen) atoms. The van der Waals surface area contributed by atoms with Crippen molar-refractivity contribution in [2.24, 2.45) is 4.99 Å². The summed E-state index contributed by atoms with van der Waals surface area (Å²) in [6.45, 7) is 13.2. The van der Waals surface area contributed by atoms with Crippen LogP contribution in [0.3, 0.4) is 0 Å². The quantitative estimate of drug-likeness (QED) is 0.392. The minimum atomic E-state index is -0.105. The monoisotopic (exact) mass is 431 g/mol. The van der Waals surface area contributed by atoms with E-state index in [0.29, 0.717) is 19.1 Å². The Hall–Kier alpha value is -2.28. The van der Waals surface area contributed by atoms with E-state index in [2.05, 4.69) is 60.7 Å². The first-order valence-electron chi connectivity index (χ1n) is 11.6. The number of carbonyl (C=O) groups excluding carboxylic acids is 1. The minimum Gasteiger partial charge on any atom is -0.497 e. The van der Waals surface area contributed by atoms with Gasteiger partial charge in [-0.15, -0.1) is 0 Å². The summed E-state index contributed by atoms with van der Waals surface area (Å²) < 4.78 is 5.38.